The van der Waals surface area contributed by atoms with Crippen molar-refractivity contribution in [1.82, 2.24) is 4.90 Å². The predicted octanol–water partition coefficient (Wildman–Crippen LogP) is 2.48. The second-order valence-electron chi connectivity index (χ2n) is 4.73. The van der Waals surface area contributed by atoms with Crippen LogP contribution in [0.3, 0.4) is 0 Å². The number of benzene rings is 1. The zero-order valence-electron chi connectivity index (χ0n) is 10.3. The molecular weight excluding hydrogens is 294 g/mol. The van der Waals surface area contributed by atoms with Gasteiger partial charge in [-0.25, -0.2) is 0 Å². The molecule has 1 unspecified atom stereocenters. The summed E-state index contributed by atoms with van der Waals surface area (Å²) >= 11 is 3.36. The lowest BCUT2D eigenvalue weighted by Crippen LogP contribution is -2.44. The number of hydrogen-bond donors (Lipinski definition) is 1. The lowest BCUT2D eigenvalue weighted by molar-refractivity contribution is 0.0711. The molecular formula is C14H18BrNO2. The van der Waals surface area contributed by atoms with Gasteiger partial charge in [0.2, 0.25) is 0 Å². The van der Waals surface area contributed by atoms with Gasteiger partial charge in [0.05, 0.1) is 13.2 Å². The van der Waals surface area contributed by atoms with Crippen molar-refractivity contribution >= 4 is 21.7 Å². The number of likely N-dealkylation sites (tertiary alicyclic amines) is 1. The van der Waals surface area contributed by atoms with Gasteiger partial charge in [0, 0.05) is 16.1 Å². The molecule has 0 spiro atoms. The molecule has 1 N–H and O–H groups in total. The van der Waals surface area contributed by atoms with Gasteiger partial charge in [-0.3, -0.25) is 9.69 Å². The number of halogens is 1. The van der Waals surface area contributed by atoms with Crippen molar-refractivity contribution < 1.29 is 9.90 Å². The smallest absolute Gasteiger partial charge is 0.176 e. The highest BCUT2D eigenvalue weighted by atomic mass is 79.9. The molecule has 4 heteroatoms. The van der Waals surface area contributed by atoms with Gasteiger partial charge in [0.25, 0.3) is 0 Å². The van der Waals surface area contributed by atoms with Crippen molar-refractivity contribution in [3.63, 3.8) is 0 Å². The van der Waals surface area contributed by atoms with Crippen LogP contribution in [0.4, 0.5) is 0 Å². The fourth-order valence-electron chi connectivity index (χ4n) is 2.39. The summed E-state index contributed by atoms with van der Waals surface area (Å²) in [6.07, 6.45) is 3.25. The molecule has 1 aromatic carbocycles. The Balaban J connectivity index is 1.99. The number of piperidine rings is 1. The SMILES string of the molecule is O=C(CN1CCCCC1CO)c1ccc(Br)cc1. The van der Waals surface area contributed by atoms with Gasteiger partial charge in [0.15, 0.2) is 5.78 Å². The molecule has 1 aliphatic heterocycles. The van der Waals surface area contributed by atoms with Gasteiger partial charge in [-0.05, 0) is 31.5 Å². The first kappa shape index (κ1) is 13.7. The first-order valence-electron chi connectivity index (χ1n) is 6.34. The van der Waals surface area contributed by atoms with Crippen LogP contribution in [0, 0.1) is 0 Å². The maximum atomic E-state index is 12.1. The Bertz CT molecular complexity index is 405. The average Bonchev–Trinajstić information content (AvgIpc) is 2.40. The van der Waals surface area contributed by atoms with Crippen molar-refractivity contribution in [3.05, 3.63) is 34.3 Å². The van der Waals surface area contributed by atoms with Crippen molar-refractivity contribution in [1.29, 1.82) is 0 Å². The highest BCUT2D eigenvalue weighted by Gasteiger charge is 2.23. The topological polar surface area (TPSA) is 40.5 Å². The summed E-state index contributed by atoms with van der Waals surface area (Å²) < 4.78 is 0.977. The highest BCUT2D eigenvalue weighted by Crippen LogP contribution is 2.17. The van der Waals surface area contributed by atoms with E-state index in [0.717, 1.165) is 35.8 Å². The van der Waals surface area contributed by atoms with E-state index in [-0.39, 0.29) is 18.4 Å². The maximum absolute atomic E-state index is 12.1. The third-order valence-electron chi connectivity index (χ3n) is 3.47. The van der Waals surface area contributed by atoms with Crippen LogP contribution in [-0.2, 0) is 0 Å². The molecule has 1 aromatic rings. The average molecular weight is 312 g/mol. The largest absolute Gasteiger partial charge is 0.395 e. The van der Waals surface area contributed by atoms with E-state index in [1.165, 1.54) is 0 Å². The molecule has 3 nitrogen and oxygen atoms in total. The van der Waals surface area contributed by atoms with E-state index in [2.05, 4.69) is 20.8 Å². The number of ketones is 1. The monoisotopic (exact) mass is 311 g/mol. The molecule has 1 heterocycles. The molecule has 0 amide bonds. The molecule has 0 saturated carbocycles. The van der Waals surface area contributed by atoms with Crippen molar-refractivity contribution in [2.24, 2.45) is 0 Å². The number of carbonyl (C=O) groups is 1. The van der Waals surface area contributed by atoms with E-state index in [9.17, 15) is 9.90 Å². The van der Waals surface area contributed by atoms with Gasteiger partial charge >= 0.3 is 0 Å². The molecule has 1 fully saturated rings. The minimum absolute atomic E-state index is 0.128. The van der Waals surface area contributed by atoms with Crippen molar-refractivity contribution in [3.8, 4) is 0 Å². The lowest BCUT2D eigenvalue weighted by Gasteiger charge is -2.33. The van der Waals surface area contributed by atoms with Crippen LogP contribution in [-0.4, -0.2) is 41.5 Å². The van der Waals surface area contributed by atoms with Crippen LogP contribution >= 0.6 is 15.9 Å². The van der Waals surface area contributed by atoms with Gasteiger partial charge < -0.3 is 5.11 Å². The van der Waals surface area contributed by atoms with Gasteiger partial charge in [0.1, 0.15) is 0 Å². The summed E-state index contributed by atoms with van der Waals surface area (Å²) in [7, 11) is 0. The van der Waals surface area contributed by atoms with Crippen LogP contribution in [0.5, 0.6) is 0 Å². The first-order valence-corrected chi connectivity index (χ1v) is 7.13. The molecule has 98 valence electrons. The number of Topliss-reactive ketones (excluding diaryl/α,β-unsaturated/α-hetero) is 1. The molecule has 1 aliphatic rings. The number of carbonyl (C=O) groups excluding carboxylic acids is 1. The molecule has 0 radical (unpaired) electrons. The number of nitrogens with zero attached hydrogens (tertiary/aromatic N) is 1. The van der Waals surface area contributed by atoms with Crippen LogP contribution in [0.2, 0.25) is 0 Å². The van der Waals surface area contributed by atoms with E-state index < -0.39 is 0 Å². The zero-order valence-corrected chi connectivity index (χ0v) is 11.9. The molecule has 0 aliphatic carbocycles. The Labute approximate surface area is 116 Å². The van der Waals surface area contributed by atoms with E-state index in [1.54, 1.807) is 0 Å². The second kappa shape index (κ2) is 6.45. The standard InChI is InChI=1S/C14H18BrNO2/c15-12-6-4-11(5-7-12)14(18)9-16-8-2-1-3-13(16)10-17/h4-7,13,17H,1-3,8-10H2. The normalized spacial score (nSPS) is 20.9. The fourth-order valence-corrected chi connectivity index (χ4v) is 2.65. The van der Waals surface area contributed by atoms with Gasteiger partial charge in [-0.15, -0.1) is 0 Å². The first-order chi connectivity index (χ1) is 8.70. The third-order valence-corrected chi connectivity index (χ3v) is 4.00. The third kappa shape index (κ3) is 3.40. The number of rotatable bonds is 4. The highest BCUT2D eigenvalue weighted by molar-refractivity contribution is 9.10. The zero-order chi connectivity index (χ0) is 13.0. The Morgan fingerprint density at radius 2 is 2.06 bits per heavy atom. The molecule has 18 heavy (non-hydrogen) atoms. The molecule has 1 atom stereocenters. The minimum atomic E-state index is 0.128. The summed E-state index contributed by atoms with van der Waals surface area (Å²) in [5, 5.41) is 9.32. The van der Waals surface area contributed by atoms with Crippen molar-refractivity contribution in [2.45, 2.75) is 25.3 Å². The maximum Gasteiger partial charge on any atom is 0.176 e. The molecule has 0 aromatic heterocycles. The Hall–Kier alpha value is -0.710. The van der Waals surface area contributed by atoms with Crippen LogP contribution in [0.15, 0.2) is 28.7 Å². The second-order valence-corrected chi connectivity index (χ2v) is 5.65. The molecule has 0 bridgehead atoms. The van der Waals surface area contributed by atoms with Crippen LogP contribution < -0.4 is 0 Å². The summed E-state index contributed by atoms with van der Waals surface area (Å²) in [6.45, 7) is 1.47. The lowest BCUT2D eigenvalue weighted by atomic mass is 10.0. The summed E-state index contributed by atoms with van der Waals surface area (Å²) in [5.41, 5.74) is 0.737. The molecule has 1 saturated heterocycles. The van der Waals surface area contributed by atoms with Gasteiger partial charge in [-0.1, -0.05) is 34.5 Å². The van der Waals surface area contributed by atoms with Crippen LogP contribution in [0.1, 0.15) is 29.6 Å². The summed E-state index contributed by atoms with van der Waals surface area (Å²) in [6, 6.07) is 7.59. The van der Waals surface area contributed by atoms with E-state index in [4.69, 9.17) is 0 Å². The number of aliphatic hydroxyl groups is 1. The van der Waals surface area contributed by atoms with Crippen molar-refractivity contribution in [2.75, 3.05) is 19.7 Å². The predicted molar refractivity (Wildman–Crippen MR) is 74.8 cm³/mol. The molecule has 2 rings (SSSR count). The van der Waals surface area contributed by atoms with Crippen LogP contribution in [0.25, 0.3) is 0 Å². The fraction of sp³-hybridized carbons (Fsp3) is 0.500. The summed E-state index contributed by atoms with van der Waals surface area (Å²) in [4.78, 5) is 14.3. The van der Waals surface area contributed by atoms with E-state index >= 15 is 0 Å². The Kier molecular flexibility index (Phi) is 4.92. The van der Waals surface area contributed by atoms with E-state index in [1.807, 2.05) is 24.3 Å². The minimum Gasteiger partial charge on any atom is -0.395 e. The Morgan fingerprint density at radius 1 is 1.33 bits per heavy atom. The van der Waals surface area contributed by atoms with E-state index in [0.29, 0.717) is 6.54 Å². The van der Waals surface area contributed by atoms with Gasteiger partial charge in [-0.2, -0.15) is 0 Å². The number of aliphatic hydroxyl groups excluding tert-OH is 1. The summed E-state index contributed by atoms with van der Waals surface area (Å²) in [5.74, 6) is 0.128. The Morgan fingerprint density at radius 3 is 2.72 bits per heavy atom. The number of hydrogen-bond acceptors (Lipinski definition) is 3. The quantitative estimate of drug-likeness (QED) is 0.868.